The van der Waals surface area contributed by atoms with Crippen LogP contribution in [0.15, 0.2) is 24.5 Å². The molecule has 0 radical (unpaired) electrons. The maximum atomic E-state index is 11.9. The number of piperidine rings is 1. The lowest BCUT2D eigenvalue weighted by molar-refractivity contribution is -0.117. The average molecular weight is 320 g/mol. The van der Waals surface area contributed by atoms with Gasteiger partial charge in [-0.15, -0.1) is 24.8 Å². The van der Waals surface area contributed by atoms with Crippen LogP contribution in [-0.4, -0.2) is 24.0 Å². The number of hydrogen-bond acceptors (Lipinski definition) is 3. The summed E-state index contributed by atoms with van der Waals surface area (Å²) in [6.07, 6.45) is 6.34. The van der Waals surface area contributed by atoms with E-state index in [0.29, 0.717) is 18.3 Å². The number of carbonyl (C=O) groups excluding carboxylic acids is 1. The zero-order valence-electron chi connectivity index (χ0n) is 11.7. The van der Waals surface area contributed by atoms with Gasteiger partial charge in [-0.1, -0.05) is 6.92 Å². The number of hydrogen-bond donors (Lipinski definition) is 2. The lowest BCUT2D eigenvalue weighted by Crippen LogP contribution is -2.32. The summed E-state index contributed by atoms with van der Waals surface area (Å²) in [4.78, 5) is 15.9. The molecule has 0 aromatic carbocycles. The zero-order valence-corrected chi connectivity index (χ0v) is 13.3. The number of nitrogens with zero attached hydrogens (tertiary/aromatic N) is 1. The Bertz CT molecular complexity index is 383. The zero-order chi connectivity index (χ0) is 12.8. The lowest BCUT2D eigenvalue weighted by Gasteiger charge is -2.27. The molecule has 1 atom stereocenters. The molecule has 1 saturated heterocycles. The fraction of sp³-hybridized carbons (Fsp3) is 0.571. The number of anilines is 1. The van der Waals surface area contributed by atoms with Crippen LogP contribution in [0.3, 0.4) is 0 Å². The number of amides is 1. The molecule has 20 heavy (non-hydrogen) atoms. The van der Waals surface area contributed by atoms with Gasteiger partial charge in [-0.3, -0.25) is 9.78 Å². The maximum Gasteiger partial charge on any atom is 0.224 e. The summed E-state index contributed by atoms with van der Waals surface area (Å²) in [7, 11) is 0. The third-order valence-electron chi connectivity index (χ3n) is 3.64. The third kappa shape index (κ3) is 6.07. The van der Waals surface area contributed by atoms with Gasteiger partial charge in [0.25, 0.3) is 0 Å². The molecule has 2 rings (SSSR count). The van der Waals surface area contributed by atoms with Crippen LogP contribution in [0.4, 0.5) is 5.69 Å². The second kappa shape index (κ2) is 9.97. The van der Waals surface area contributed by atoms with Crippen molar-refractivity contribution in [3.05, 3.63) is 24.5 Å². The van der Waals surface area contributed by atoms with Crippen molar-refractivity contribution in [2.75, 3.05) is 18.4 Å². The van der Waals surface area contributed by atoms with Gasteiger partial charge in [-0.2, -0.15) is 0 Å². The Balaban J connectivity index is 0.00000180. The Kier molecular flexibility index (Phi) is 9.55. The Morgan fingerprint density at radius 2 is 2.15 bits per heavy atom. The number of rotatable bonds is 4. The molecular formula is C14H23Cl2N3O. The number of pyridine rings is 1. The quantitative estimate of drug-likeness (QED) is 0.897. The van der Waals surface area contributed by atoms with E-state index < -0.39 is 0 Å². The van der Waals surface area contributed by atoms with Gasteiger partial charge < -0.3 is 10.6 Å². The van der Waals surface area contributed by atoms with Crippen LogP contribution in [-0.2, 0) is 4.79 Å². The molecule has 1 amide bonds. The summed E-state index contributed by atoms with van der Waals surface area (Å²) in [5.74, 6) is 1.21. The Labute approximate surface area is 132 Å². The molecule has 2 heterocycles. The number of halogens is 2. The molecule has 1 aromatic heterocycles. The van der Waals surface area contributed by atoms with Crippen LogP contribution in [0, 0.1) is 11.8 Å². The van der Waals surface area contributed by atoms with Crippen molar-refractivity contribution in [1.29, 1.82) is 0 Å². The van der Waals surface area contributed by atoms with Crippen molar-refractivity contribution < 1.29 is 4.79 Å². The van der Waals surface area contributed by atoms with Gasteiger partial charge in [0.15, 0.2) is 0 Å². The normalized spacial score (nSPS) is 16.4. The average Bonchev–Trinajstić information content (AvgIpc) is 2.40. The Morgan fingerprint density at radius 3 is 2.75 bits per heavy atom. The van der Waals surface area contributed by atoms with Crippen LogP contribution in [0.1, 0.15) is 26.2 Å². The fourth-order valence-corrected chi connectivity index (χ4v) is 2.52. The first-order chi connectivity index (χ1) is 8.75. The third-order valence-corrected chi connectivity index (χ3v) is 3.64. The molecule has 0 aliphatic carbocycles. The van der Waals surface area contributed by atoms with Gasteiger partial charge in [0, 0.05) is 12.6 Å². The molecule has 2 N–H and O–H groups in total. The molecule has 4 nitrogen and oxygen atoms in total. The SMILES string of the molecule is CC(CC(=O)Nc1cccnc1)C1CCNCC1.Cl.Cl. The lowest BCUT2D eigenvalue weighted by atomic mass is 9.84. The molecule has 1 fully saturated rings. The highest BCUT2D eigenvalue weighted by atomic mass is 35.5. The highest BCUT2D eigenvalue weighted by Gasteiger charge is 2.21. The molecule has 6 heteroatoms. The van der Waals surface area contributed by atoms with E-state index in [-0.39, 0.29) is 30.7 Å². The van der Waals surface area contributed by atoms with Crippen molar-refractivity contribution in [2.24, 2.45) is 11.8 Å². The first-order valence-corrected chi connectivity index (χ1v) is 6.66. The number of nitrogens with one attached hydrogen (secondary N) is 2. The van der Waals surface area contributed by atoms with Gasteiger partial charge in [0.05, 0.1) is 11.9 Å². The van der Waals surface area contributed by atoms with Gasteiger partial charge in [-0.25, -0.2) is 0 Å². The van der Waals surface area contributed by atoms with E-state index in [1.54, 1.807) is 12.4 Å². The Morgan fingerprint density at radius 1 is 1.45 bits per heavy atom. The minimum atomic E-state index is 0. The van der Waals surface area contributed by atoms with Crippen molar-refractivity contribution in [3.63, 3.8) is 0 Å². The van der Waals surface area contributed by atoms with E-state index in [9.17, 15) is 4.79 Å². The summed E-state index contributed by atoms with van der Waals surface area (Å²) in [6, 6.07) is 3.69. The number of aromatic nitrogens is 1. The minimum Gasteiger partial charge on any atom is -0.325 e. The van der Waals surface area contributed by atoms with Gasteiger partial charge >= 0.3 is 0 Å². The van der Waals surface area contributed by atoms with E-state index >= 15 is 0 Å². The highest BCUT2D eigenvalue weighted by molar-refractivity contribution is 5.90. The van der Waals surface area contributed by atoms with Crippen molar-refractivity contribution in [3.8, 4) is 0 Å². The first-order valence-electron chi connectivity index (χ1n) is 6.66. The second-order valence-corrected chi connectivity index (χ2v) is 5.06. The highest BCUT2D eigenvalue weighted by Crippen LogP contribution is 2.24. The van der Waals surface area contributed by atoms with Crippen LogP contribution in [0.5, 0.6) is 0 Å². The van der Waals surface area contributed by atoms with Crippen LogP contribution >= 0.6 is 24.8 Å². The smallest absolute Gasteiger partial charge is 0.224 e. The summed E-state index contributed by atoms with van der Waals surface area (Å²) < 4.78 is 0. The van der Waals surface area contributed by atoms with Crippen molar-refractivity contribution in [2.45, 2.75) is 26.2 Å². The van der Waals surface area contributed by atoms with Crippen molar-refractivity contribution >= 4 is 36.4 Å². The Hall–Kier alpha value is -0.840. The summed E-state index contributed by atoms with van der Waals surface area (Å²) in [5, 5.41) is 6.25. The van der Waals surface area contributed by atoms with Gasteiger partial charge in [0.1, 0.15) is 0 Å². The molecule has 1 aliphatic heterocycles. The molecule has 1 unspecified atom stereocenters. The van der Waals surface area contributed by atoms with E-state index in [1.165, 1.54) is 12.8 Å². The van der Waals surface area contributed by atoms with Gasteiger partial charge in [-0.05, 0) is 49.9 Å². The minimum absolute atomic E-state index is 0. The monoisotopic (exact) mass is 319 g/mol. The molecule has 114 valence electrons. The summed E-state index contributed by atoms with van der Waals surface area (Å²) in [6.45, 7) is 4.34. The standard InChI is InChI=1S/C14H21N3O.2ClH/c1-11(12-4-7-15-8-5-12)9-14(18)17-13-3-2-6-16-10-13;;/h2-3,6,10-12,15H,4-5,7-9H2,1H3,(H,17,18);2*1H. The molecule has 0 saturated carbocycles. The summed E-state index contributed by atoms with van der Waals surface area (Å²) >= 11 is 0. The van der Waals surface area contributed by atoms with E-state index in [1.807, 2.05) is 12.1 Å². The second-order valence-electron chi connectivity index (χ2n) is 5.06. The molecular weight excluding hydrogens is 297 g/mol. The molecule has 0 bridgehead atoms. The predicted molar refractivity (Wildman–Crippen MR) is 86.7 cm³/mol. The summed E-state index contributed by atoms with van der Waals surface area (Å²) in [5.41, 5.74) is 0.778. The van der Waals surface area contributed by atoms with Crippen LogP contribution in [0.2, 0.25) is 0 Å². The fourth-order valence-electron chi connectivity index (χ4n) is 2.52. The number of carbonyl (C=O) groups is 1. The van der Waals surface area contributed by atoms with Gasteiger partial charge in [0.2, 0.25) is 5.91 Å². The predicted octanol–water partition coefficient (Wildman–Crippen LogP) is 2.89. The molecule has 0 spiro atoms. The van der Waals surface area contributed by atoms with E-state index in [0.717, 1.165) is 18.8 Å². The van der Waals surface area contributed by atoms with E-state index in [4.69, 9.17) is 0 Å². The topological polar surface area (TPSA) is 54.0 Å². The maximum absolute atomic E-state index is 11.9. The molecule has 1 aliphatic rings. The van der Waals surface area contributed by atoms with E-state index in [2.05, 4.69) is 22.5 Å². The molecule has 1 aromatic rings. The van der Waals surface area contributed by atoms with Crippen LogP contribution < -0.4 is 10.6 Å². The van der Waals surface area contributed by atoms with Crippen molar-refractivity contribution in [1.82, 2.24) is 10.3 Å². The first kappa shape index (κ1) is 19.2. The van der Waals surface area contributed by atoms with Crippen LogP contribution in [0.25, 0.3) is 0 Å². The largest absolute Gasteiger partial charge is 0.325 e.